The average Bonchev–Trinajstić information content (AvgIpc) is 3.29. The highest BCUT2D eigenvalue weighted by atomic mass is 19.1. The molecule has 4 aromatic rings. The lowest BCUT2D eigenvalue weighted by molar-refractivity contribution is -0.152. The normalized spacial score (nSPS) is 23.6. The first kappa shape index (κ1) is 21.8. The van der Waals surface area contributed by atoms with Crippen LogP contribution in [0.3, 0.4) is 0 Å². The second-order valence-corrected chi connectivity index (χ2v) is 9.55. The summed E-state index contributed by atoms with van der Waals surface area (Å²) < 4.78 is 29.9. The van der Waals surface area contributed by atoms with E-state index in [4.69, 9.17) is 0 Å². The van der Waals surface area contributed by atoms with Gasteiger partial charge in [0.25, 0.3) is 0 Å². The molecular weight excluding hydrogens is 452 g/mol. The first-order valence-electron chi connectivity index (χ1n) is 11.8. The second kappa shape index (κ2) is 8.48. The number of carboxylic acid groups (broad SMARTS) is 1. The Labute approximate surface area is 199 Å². The summed E-state index contributed by atoms with van der Waals surface area (Å²) in [7, 11) is 0. The van der Waals surface area contributed by atoms with E-state index in [9.17, 15) is 14.3 Å². The van der Waals surface area contributed by atoms with Crippen molar-refractivity contribution in [1.82, 2.24) is 25.1 Å². The van der Waals surface area contributed by atoms with Crippen molar-refractivity contribution >= 4 is 17.0 Å². The minimum Gasteiger partial charge on any atom is -0.481 e. The van der Waals surface area contributed by atoms with Gasteiger partial charge in [-0.3, -0.25) is 9.89 Å². The molecule has 2 unspecified atom stereocenters. The zero-order valence-corrected chi connectivity index (χ0v) is 18.8. The Morgan fingerprint density at radius 2 is 1.80 bits per heavy atom. The van der Waals surface area contributed by atoms with E-state index in [2.05, 4.69) is 25.1 Å². The van der Waals surface area contributed by atoms with Gasteiger partial charge < -0.3 is 5.11 Å². The van der Waals surface area contributed by atoms with Crippen LogP contribution in [0.1, 0.15) is 31.4 Å². The third kappa shape index (κ3) is 3.75. The van der Waals surface area contributed by atoms with Crippen molar-refractivity contribution in [2.24, 2.45) is 23.7 Å². The molecule has 3 aliphatic rings. The van der Waals surface area contributed by atoms with Crippen molar-refractivity contribution < 1.29 is 18.7 Å². The van der Waals surface area contributed by atoms with E-state index in [1.165, 1.54) is 6.07 Å². The first-order valence-corrected chi connectivity index (χ1v) is 11.8. The number of aromatic nitrogens is 5. The highest BCUT2D eigenvalue weighted by molar-refractivity contribution is 5.89. The number of pyridine rings is 1. The maximum atomic E-state index is 15.9. The van der Waals surface area contributed by atoms with Gasteiger partial charge in [0, 0.05) is 5.56 Å². The Hall–Kier alpha value is -3.75. The number of hydrogen-bond acceptors (Lipinski definition) is 5. The van der Waals surface area contributed by atoms with E-state index in [1.807, 2.05) is 6.07 Å². The summed E-state index contributed by atoms with van der Waals surface area (Å²) in [4.78, 5) is 25.2. The topological polar surface area (TPSA) is 105 Å². The summed E-state index contributed by atoms with van der Waals surface area (Å²) in [5.74, 6) is -2.10. The number of carbonyl (C=O) groups is 1. The Bertz CT molecular complexity index is 1420. The van der Waals surface area contributed by atoms with E-state index >= 15 is 4.39 Å². The van der Waals surface area contributed by atoms with Gasteiger partial charge in [0.05, 0.1) is 23.2 Å². The van der Waals surface area contributed by atoms with Crippen LogP contribution in [0, 0.1) is 35.3 Å². The van der Waals surface area contributed by atoms with Crippen molar-refractivity contribution in [1.29, 1.82) is 0 Å². The van der Waals surface area contributed by atoms with Crippen molar-refractivity contribution in [3.8, 4) is 22.8 Å². The molecule has 178 valence electrons. The summed E-state index contributed by atoms with van der Waals surface area (Å²) in [6.07, 6.45) is 5.01. The SMILES string of the molecule is O=C(O)C1C2CCC(CC2)C1Cc1nc(-c2[nH]nc3ncc(F)cc23)nc(-c2ccccc2)c1F. The molecule has 3 aliphatic carbocycles. The second-order valence-electron chi connectivity index (χ2n) is 9.55. The van der Waals surface area contributed by atoms with Crippen LogP contribution in [0.25, 0.3) is 33.8 Å². The van der Waals surface area contributed by atoms with Gasteiger partial charge in [-0.05, 0) is 55.9 Å². The number of aliphatic carboxylic acids is 1. The van der Waals surface area contributed by atoms with Gasteiger partial charge in [-0.1, -0.05) is 30.3 Å². The van der Waals surface area contributed by atoms with Crippen molar-refractivity contribution in [2.45, 2.75) is 32.1 Å². The summed E-state index contributed by atoms with van der Waals surface area (Å²) >= 11 is 0. The standard InChI is InChI=1S/C26H23F2N5O2/c27-16-10-18-23(32-33-24(18)29-12-16)25-30-19(21(28)22(31-25)15-4-2-1-3-5-15)11-17-13-6-8-14(9-7-13)20(17)26(34)35/h1-5,10,12-14,17,20H,6-9,11H2,(H,34,35)(H,29,32,33). The van der Waals surface area contributed by atoms with E-state index in [-0.39, 0.29) is 41.4 Å². The largest absolute Gasteiger partial charge is 0.481 e. The number of nitrogens with zero attached hydrogens (tertiary/aromatic N) is 4. The Morgan fingerprint density at radius 1 is 1.06 bits per heavy atom. The molecule has 7 nitrogen and oxygen atoms in total. The van der Waals surface area contributed by atoms with Gasteiger partial charge in [0.2, 0.25) is 0 Å². The number of hydrogen-bond donors (Lipinski definition) is 2. The highest BCUT2D eigenvalue weighted by Crippen LogP contribution is 2.50. The number of nitrogens with one attached hydrogen (secondary N) is 1. The molecule has 0 aliphatic heterocycles. The molecule has 1 aromatic carbocycles. The fourth-order valence-electron chi connectivity index (χ4n) is 6.05. The lowest BCUT2D eigenvalue weighted by atomic mass is 9.57. The summed E-state index contributed by atoms with van der Waals surface area (Å²) in [5.41, 5.74) is 1.50. The van der Waals surface area contributed by atoms with Gasteiger partial charge in [0.15, 0.2) is 17.3 Å². The predicted octanol–water partition coefficient (Wildman–Crippen LogP) is 5.04. The summed E-state index contributed by atoms with van der Waals surface area (Å²) in [5, 5.41) is 17.3. The van der Waals surface area contributed by atoms with Crippen molar-refractivity contribution in [2.75, 3.05) is 0 Å². The number of halogens is 2. The van der Waals surface area contributed by atoms with Crippen LogP contribution in [0.4, 0.5) is 8.78 Å². The van der Waals surface area contributed by atoms with Crippen molar-refractivity contribution in [3.05, 3.63) is 59.9 Å². The zero-order valence-electron chi connectivity index (χ0n) is 18.8. The monoisotopic (exact) mass is 475 g/mol. The number of benzene rings is 1. The fourth-order valence-corrected chi connectivity index (χ4v) is 6.05. The van der Waals surface area contributed by atoms with Crippen LogP contribution in [-0.2, 0) is 11.2 Å². The first-order chi connectivity index (χ1) is 17.0. The van der Waals surface area contributed by atoms with Gasteiger partial charge in [0.1, 0.15) is 17.2 Å². The molecule has 0 saturated heterocycles. The minimum absolute atomic E-state index is 0.116. The molecule has 3 saturated carbocycles. The van der Waals surface area contributed by atoms with E-state index in [0.29, 0.717) is 22.3 Å². The van der Waals surface area contributed by atoms with Crippen LogP contribution < -0.4 is 0 Å². The smallest absolute Gasteiger partial charge is 0.307 e. The van der Waals surface area contributed by atoms with Crippen molar-refractivity contribution in [3.63, 3.8) is 0 Å². The molecule has 7 rings (SSSR count). The maximum absolute atomic E-state index is 15.9. The highest BCUT2D eigenvalue weighted by Gasteiger charge is 2.47. The molecule has 35 heavy (non-hydrogen) atoms. The van der Waals surface area contributed by atoms with Crippen LogP contribution in [-0.4, -0.2) is 36.2 Å². The average molecular weight is 475 g/mol. The molecule has 3 fully saturated rings. The van der Waals surface area contributed by atoms with E-state index < -0.39 is 23.5 Å². The molecule has 0 amide bonds. The van der Waals surface area contributed by atoms with E-state index in [1.54, 1.807) is 24.3 Å². The quantitative estimate of drug-likeness (QED) is 0.419. The zero-order chi connectivity index (χ0) is 24.1. The summed E-state index contributed by atoms with van der Waals surface area (Å²) in [6, 6.07) is 10.2. The van der Waals surface area contributed by atoms with Crippen LogP contribution >= 0.6 is 0 Å². The molecule has 3 heterocycles. The van der Waals surface area contributed by atoms with Crippen LogP contribution in [0.5, 0.6) is 0 Å². The maximum Gasteiger partial charge on any atom is 0.307 e. The van der Waals surface area contributed by atoms with Crippen LogP contribution in [0.15, 0.2) is 42.6 Å². The molecule has 0 spiro atoms. The number of rotatable bonds is 5. The minimum atomic E-state index is -0.816. The molecule has 2 N–H and O–H groups in total. The fraction of sp³-hybridized carbons (Fsp3) is 0.346. The molecule has 2 bridgehead atoms. The molecule has 9 heteroatoms. The molecule has 0 radical (unpaired) electrons. The lowest BCUT2D eigenvalue weighted by Gasteiger charge is -2.46. The third-order valence-corrected chi connectivity index (χ3v) is 7.67. The number of carboxylic acids is 1. The van der Waals surface area contributed by atoms with E-state index in [0.717, 1.165) is 31.9 Å². The van der Waals surface area contributed by atoms with Gasteiger partial charge in [-0.2, -0.15) is 5.10 Å². The Morgan fingerprint density at radius 3 is 2.54 bits per heavy atom. The Balaban J connectivity index is 1.50. The predicted molar refractivity (Wildman–Crippen MR) is 124 cm³/mol. The van der Waals surface area contributed by atoms with Gasteiger partial charge in [-0.15, -0.1) is 0 Å². The number of fused-ring (bicyclic) bond motifs is 4. The molecule has 3 aromatic heterocycles. The molecule has 2 atom stereocenters. The number of H-pyrrole nitrogens is 1. The molecular formula is C26H23F2N5O2. The lowest BCUT2D eigenvalue weighted by Crippen LogP contribution is -2.45. The number of aromatic amines is 1. The van der Waals surface area contributed by atoms with Crippen LogP contribution in [0.2, 0.25) is 0 Å². The third-order valence-electron chi connectivity index (χ3n) is 7.67. The Kier molecular flexibility index (Phi) is 5.27. The van der Waals surface area contributed by atoms with Gasteiger partial charge in [-0.25, -0.2) is 23.7 Å². The summed E-state index contributed by atoms with van der Waals surface area (Å²) in [6.45, 7) is 0. The van der Waals surface area contributed by atoms with Gasteiger partial charge >= 0.3 is 5.97 Å².